The topological polar surface area (TPSA) is 78.4 Å². The van der Waals surface area contributed by atoms with E-state index in [-0.39, 0.29) is 0 Å². The van der Waals surface area contributed by atoms with E-state index in [1.54, 1.807) is 0 Å². The number of carbonyl (C=O) groups excluding carboxylic acids is 1. The zero-order valence-electron chi connectivity index (χ0n) is 10.9. The number of nitrogens with one attached hydrogen (secondary N) is 2. The molecule has 0 bridgehead atoms. The smallest absolute Gasteiger partial charge is 0.329 e. The first kappa shape index (κ1) is 15.1. The lowest BCUT2D eigenvalue weighted by atomic mass is 9.98. The molecular formula is C13H17ClN2O3S. The van der Waals surface area contributed by atoms with Gasteiger partial charge in [-0.2, -0.15) is 0 Å². The summed E-state index contributed by atoms with van der Waals surface area (Å²) < 4.78 is 0.722. The third kappa shape index (κ3) is 3.64. The fourth-order valence-corrected chi connectivity index (χ4v) is 3.50. The third-order valence-corrected chi connectivity index (χ3v) is 4.80. The second-order valence-electron chi connectivity index (χ2n) is 4.93. The van der Waals surface area contributed by atoms with E-state index < -0.39 is 17.5 Å². The SMILES string of the molecule is O=C(NCCc1ccc(Cl)s1)NC1(C(=O)O)CCCC1. The number of carbonyl (C=O) groups is 2. The highest BCUT2D eigenvalue weighted by Crippen LogP contribution is 2.29. The van der Waals surface area contributed by atoms with Crippen LogP contribution in [0.3, 0.4) is 0 Å². The van der Waals surface area contributed by atoms with Crippen LogP contribution in [-0.2, 0) is 11.2 Å². The number of amides is 2. The maximum Gasteiger partial charge on any atom is 0.329 e. The summed E-state index contributed by atoms with van der Waals surface area (Å²) in [5.74, 6) is -0.949. The molecule has 0 radical (unpaired) electrons. The van der Waals surface area contributed by atoms with Crippen molar-refractivity contribution in [3.8, 4) is 0 Å². The average molecular weight is 317 g/mol. The number of rotatable bonds is 5. The summed E-state index contributed by atoms with van der Waals surface area (Å²) >= 11 is 7.30. The van der Waals surface area contributed by atoms with Crippen molar-refractivity contribution in [1.82, 2.24) is 10.6 Å². The molecular weight excluding hydrogens is 300 g/mol. The Labute approximate surface area is 126 Å². The Kier molecular flexibility index (Phi) is 4.88. The number of carboxylic acid groups (broad SMARTS) is 1. The molecule has 1 aliphatic rings. The minimum Gasteiger partial charge on any atom is -0.480 e. The van der Waals surface area contributed by atoms with E-state index in [0.717, 1.165) is 22.1 Å². The molecule has 3 N–H and O–H groups in total. The van der Waals surface area contributed by atoms with E-state index in [4.69, 9.17) is 11.6 Å². The average Bonchev–Trinajstić information content (AvgIpc) is 2.99. The minimum absolute atomic E-state index is 0.419. The molecule has 1 heterocycles. The molecule has 0 spiro atoms. The van der Waals surface area contributed by atoms with Crippen LogP contribution >= 0.6 is 22.9 Å². The number of halogens is 1. The number of hydrogen-bond acceptors (Lipinski definition) is 3. The fourth-order valence-electron chi connectivity index (χ4n) is 2.42. The van der Waals surface area contributed by atoms with Gasteiger partial charge in [0.15, 0.2) is 0 Å². The summed E-state index contributed by atoms with van der Waals surface area (Å²) in [7, 11) is 0. The van der Waals surface area contributed by atoms with Gasteiger partial charge in [0, 0.05) is 11.4 Å². The molecule has 5 nitrogen and oxygen atoms in total. The molecule has 1 aromatic heterocycles. The fraction of sp³-hybridized carbons (Fsp3) is 0.538. The Balaban J connectivity index is 1.78. The summed E-state index contributed by atoms with van der Waals surface area (Å²) in [6.45, 7) is 0.457. The van der Waals surface area contributed by atoms with Crippen LogP contribution in [0.15, 0.2) is 12.1 Å². The van der Waals surface area contributed by atoms with Crippen molar-refractivity contribution >= 4 is 34.9 Å². The van der Waals surface area contributed by atoms with Gasteiger partial charge < -0.3 is 15.7 Å². The van der Waals surface area contributed by atoms with Crippen LogP contribution < -0.4 is 10.6 Å². The number of aliphatic carboxylic acids is 1. The van der Waals surface area contributed by atoms with Gasteiger partial charge in [-0.15, -0.1) is 11.3 Å². The van der Waals surface area contributed by atoms with Gasteiger partial charge in [-0.1, -0.05) is 24.4 Å². The highest BCUT2D eigenvalue weighted by molar-refractivity contribution is 7.16. The number of urea groups is 1. The Hall–Kier alpha value is -1.27. The lowest BCUT2D eigenvalue weighted by Crippen LogP contribution is -2.55. The number of thiophene rings is 1. The third-order valence-electron chi connectivity index (χ3n) is 3.51. The van der Waals surface area contributed by atoms with Gasteiger partial charge >= 0.3 is 12.0 Å². The van der Waals surface area contributed by atoms with Gasteiger partial charge in [0.1, 0.15) is 5.54 Å². The van der Waals surface area contributed by atoms with E-state index >= 15 is 0 Å². The Morgan fingerprint density at radius 3 is 2.60 bits per heavy atom. The van der Waals surface area contributed by atoms with E-state index in [1.807, 2.05) is 12.1 Å². The molecule has 1 aromatic rings. The van der Waals surface area contributed by atoms with Crippen molar-refractivity contribution in [1.29, 1.82) is 0 Å². The summed E-state index contributed by atoms with van der Waals surface area (Å²) in [6, 6.07) is 3.32. The molecule has 0 saturated heterocycles. The summed E-state index contributed by atoms with van der Waals surface area (Å²) in [4.78, 5) is 24.2. The highest BCUT2D eigenvalue weighted by atomic mass is 35.5. The van der Waals surface area contributed by atoms with Crippen molar-refractivity contribution < 1.29 is 14.7 Å². The summed E-state index contributed by atoms with van der Waals surface area (Å²) in [5.41, 5.74) is -1.09. The maximum atomic E-state index is 11.8. The minimum atomic E-state index is -1.09. The van der Waals surface area contributed by atoms with E-state index in [0.29, 0.717) is 25.8 Å². The van der Waals surface area contributed by atoms with E-state index in [1.165, 1.54) is 11.3 Å². The molecule has 1 aliphatic carbocycles. The van der Waals surface area contributed by atoms with Crippen molar-refractivity contribution in [2.75, 3.05) is 6.54 Å². The predicted molar refractivity (Wildman–Crippen MR) is 78.4 cm³/mol. The van der Waals surface area contributed by atoms with Crippen LogP contribution in [-0.4, -0.2) is 29.2 Å². The molecule has 0 atom stereocenters. The molecule has 0 aliphatic heterocycles. The Morgan fingerprint density at radius 2 is 2.05 bits per heavy atom. The summed E-state index contributed by atoms with van der Waals surface area (Å²) in [5, 5.41) is 14.6. The first-order chi connectivity index (χ1) is 9.52. The van der Waals surface area contributed by atoms with Crippen molar-refractivity contribution in [3.63, 3.8) is 0 Å². The molecule has 7 heteroatoms. The van der Waals surface area contributed by atoms with E-state index in [9.17, 15) is 14.7 Å². The summed E-state index contributed by atoms with van der Waals surface area (Å²) in [6.07, 6.45) is 3.35. The number of hydrogen-bond donors (Lipinski definition) is 3. The Morgan fingerprint density at radius 1 is 1.35 bits per heavy atom. The lowest BCUT2D eigenvalue weighted by Gasteiger charge is -2.25. The first-order valence-corrected chi connectivity index (χ1v) is 7.75. The predicted octanol–water partition coefficient (Wildman–Crippen LogP) is 2.64. The van der Waals surface area contributed by atoms with Gasteiger partial charge in [-0.05, 0) is 31.4 Å². The molecule has 110 valence electrons. The van der Waals surface area contributed by atoms with Crippen LogP contribution in [0.5, 0.6) is 0 Å². The van der Waals surface area contributed by atoms with Crippen LogP contribution in [0.25, 0.3) is 0 Å². The van der Waals surface area contributed by atoms with Crippen molar-refractivity contribution in [3.05, 3.63) is 21.3 Å². The lowest BCUT2D eigenvalue weighted by molar-refractivity contribution is -0.144. The highest BCUT2D eigenvalue weighted by Gasteiger charge is 2.42. The quantitative estimate of drug-likeness (QED) is 0.781. The normalized spacial score (nSPS) is 16.9. The molecule has 1 fully saturated rings. The van der Waals surface area contributed by atoms with Gasteiger partial charge in [0.2, 0.25) is 0 Å². The Bertz CT molecular complexity index is 498. The largest absolute Gasteiger partial charge is 0.480 e. The molecule has 0 aromatic carbocycles. The van der Waals surface area contributed by atoms with Crippen LogP contribution in [0, 0.1) is 0 Å². The van der Waals surface area contributed by atoms with Crippen LogP contribution in [0.2, 0.25) is 4.34 Å². The molecule has 20 heavy (non-hydrogen) atoms. The van der Waals surface area contributed by atoms with E-state index in [2.05, 4.69) is 10.6 Å². The van der Waals surface area contributed by atoms with Crippen molar-refractivity contribution in [2.45, 2.75) is 37.6 Å². The van der Waals surface area contributed by atoms with Gasteiger partial charge in [-0.25, -0.2) is 9.59 Å². The standard InChI is InChI=1S/C13H17ClN2O3S/c14-10-4-3-9(20-10)5-8-15-12(19)16-13(11(17)18)6-1-2-7-13/h3-4H,1-2,5-8H2,(H,17,18)(H2,15,16,19). The number of carboxylic acids is 1. The van der Waals surface area contributed by atoms with Gasteiger partial charge in [0.25, 0.3) is 0 Å². The zero-order chi connectivity index (χ0) is 14.6. The monoisotopic (exact) mass is 316 g/mol. The van der Waals surface area contributed by atoms with Crippen LogP contribution in [0.1, 0.15) is 30.6 Å². The molecule has 1 saturated carbocycles. The van der Waals surface area contributed by atoms with Gasteiger partial charge in [-0.3, -0.25) is 0 Å². The van der Waals surface area contributed by atoms with Crippen molar-refractivity contribution in [2.24, 2.45) is 0 Å². The molecule has 2 rings (SSSR count). The molecule has 2 amide bonds. The van der Waals surface area contributed by atoms with Gasteiger partial charge in [0.05, 0.1) is 4.34 Å². The van der Waals surface area contributed by atoms with Crippen LogP contribution in [0.4, 0.5) is 4.79 Å². The molecule has 0 unspecified atom stereocenters. The maximum absolute atomic E-state index is 11.8. The zero-order valence-corrected chi connectivity index (χ0v) is 12.5. The second-order valence-corrected chi connectivity index (χ2v) is 6.73. The first-order valence-electron chi connectivity index (χ1n) is 6.55. The second kappa shape index (κ2) is 6.45.